The van der Waals surface area contributed by atoms with Crippen molar-refractivity contribution in [2.45, 2.75) is 0 Å². The number of amides is 1. The van der Waals surface area contributed by atoms with Crippen molar-refractivity contribution < 1.29 is 15.0 Å². The predicted molar refractivity (Wildman–Crippen MR) is 83.1 cm³/mol. The summed E-state index contributed by atoms with van der Waals surface area (Å²) in [4.78, 5) is 15.0. The average Bonchev–Trinajstić information content (AvgIpc) is 2.90. The Morgan fingerprint density at radius 1 is 1.09 bits per heavy atom. The number of benzene rings is 2. The summed E-state index contributed by atoms with van der Waals surface area (Å²) in [5, 5.41) is 23.4. The monoisotopic (exact) mass is 295 g/mol. The molecule has 0 aliphatic rings. The van der Waals surface area contributed by atoms with Crippen LogP contribution in [0.2, 0.25) is 0 Å². The van der Waals surface area contributed by atoms with E-state index in [1.807, 2.05) is 24.3 Å². The number of H-pyrrole nitrogens is 1. The van der Waals surface area contributed by atoms with E-state index in [0.29, 0.717) is 11.3 Å². The van der Waals surface area contributed by atoms with Crippen LogP contribution in [0, 0.1) is 0 Å². The number of hydrazone groups is 1. The smallest absolute Gasteiger partial charge is 0.287 e. The molecule has 1 aromatic heterocycles. The number of nitrogens with zero attached hydrogens (tertiary/aromatic N) is 1. The van der Waals surface area contributed by atoms with Crippen LogP contribution < -0.4 is 5.43 Å². The number of carbonyl (C=O) groups excluding carboxylic acids is 1. The van der Waals surface area contributed by atoms with E-state index in [4.69, 9.17) is 0 Å². The van der Waals surface area contributed by atoms with Crippen LogP contribution in [0.5, 0.6) is 11.5 Å². The molecule has 110 valence electrons. The minimum absolute atomic E-state index is 0.0802. The first kappa shape index (κ1) is 13.7. The quantitative estimate of drug-likeness (QED) is 0.441. The third-order valence-corrected chi connectivity index (χ3v) is 3.08. The fourth-order valence-corrected chi connectivity index (χ4v) is 2.11. The molecule has 0 aliphatic heterocycles. The van der Waals surface area contributed by atoms with Crippen molar-refractivity contribution in [1.82, 2.24) is 10.4 Å². The van der Waals surface area contributed by atoms with Crippen molar-refractivity contribution >= 4 is 23.0 Å². The van der Waals surface area contributed by atoms with Crippen LogP contribution in [-0.4, -0.2) is 27.3 Å². The van der Waals surface area contributed by atoms with Crippen LogP contribution in [0.4, 0.5) is 0 Å². The van der Waals surface area contributed by atoms with E-state index in [9.17, 15) is 15.0 Å². The first-order valence-corrected chi connectivity index (χ1v) is 6.56. The Labute approximate surface area is 125 Å². The summed E-state index contributed by atoms with van der Waals surface area (Å²) in [5.41, 5.74) is 4.12. The Balaban J connectivity index is 1.72. The lowest BCUT2D eigenvalue weighted by atomic mass is 10.2. The lowest BCUT2D eigenvalue weighted by Gasteiger charge is -1.98. The fraction of sp³-hybridized carbons (Fsp3) is 0. The molecule has 3 rings (SSSR count). The number of rotatable bonds is 3. The zero-order chi connectivity index (χ0) is 15.5. The van der Waals surface area contributed by atoms with Gasteiger partial charge in [0.15, 0.2) is 0 Å². The number of aromatic amines is 1. The Morgan fingerprint density at radius 3 is 2.55 bits per heavy atom. The Morgan fingerprint density at radius 2 is 1.82 bits per heavy atom. The molecule has 4 N–H and O–H groups in total. The standard InChI is InChI=1S/C16H13N3O3/c20-12-5-10(6-13(21)8-12)9-17-19-16(22)15-7-11-3-1-2-4-14(11)18-15/h1-9,18,20-21H,(H,19,22)/b17-9+. The molecule has 6 heteroatoms. The van der Waals surface area contributed by atoms with Gasteiger partial charge in [-0.1, -0.05) is 18.2 Å². The Bertz CT molecular complexity index is 815. The number of phenolic OH excluding ortho intramolecular Hbond substituents is 2. The summed E-state index contributed by atoms with van der Waals surface area (Å²) in [6.45, 7) is 0. The first-order chi connectivity index (χ1) is 10.6. The second-order valence-electron chi connectivity index (χ2n) is 4.75. The average molecular weight is 295 g/mol. The number of phenols is 2. The van der Waals surface area contributed by atoms with Gasteiger partial charge in [0.2, 0.25) is 0 Å². The van der Waals surface area contributed by atoms with Gasteiger partial charge >= 0.3 is 0 Å². The molecule has 0 saturated carbocycles. The van der Waals surface area contributed by atoms with Gasteiger partial charge in [0.05, 0.1) is 6.21 Å². The van der Waals surface area contributed by atoms with E-state index < -0.39 is 0 Å². The normalized spacial score (nSPS) is 11.1. The van der Waals surface area contributed by atoms with Gasteiger partial charge < -0.3 is 15.2 Å². The number of para-hydroxylation sites is 1. The molecule has 0 radical (unpaired) electrons. The molecule has 0 unspecified atom stereocenters. The van der Waals surface area contributed by atoms with E-state index in [1.165, 1.54) is 24.4 Å². The summed E-state index contributed by atoms with van der Waals surface area (Å²) in [6, 6.07) is 13.3. The summed E-state index contributed by atoms with van der Waals surface area (Å²) in [7, 11) is 0. The molecular formula is C16H13N3O3. The highest BCUT2D eigenvalue weighted by atomic mass is 16.3. The largest absolute Gasteiger partial charge is 0.508 e. The van der Waals surface area contributed by atoms with Crippen LogP contribution in [0.15, 0.2) is 53.6 Å². The molecule has 6 nitrogen and oxygen atoms in total. The summed E-state index contributed by atoms with van der Waals surface area (Å²) in [6.07, 6.45) is 1.33. The van der Waals surface area contributed by atoms with Crippen LogP contribution >= 0.6 is 0 Å². The first-order valence-electron chi connectivity index (χ1n) is 6.56. The topological polar surface area (TPSA) is 97.7 Å². The van der Waals surface area contributed by atoms with Crippen LogP contribution in [-0.2, 0) is 0 Å². The lowest BCUT2D eigenvalue weighted by Crippen LogP contribution is -2.17. The minimum Gasteiger partial charge on any atom is -0.508 e. The van der Waals surface area contributed by atoms with Crippen LogP contribution in [0.1, 0.15) is 16.1 Å². The lowest BCUT2D eigenvalue weighted by molar-refractivity contribution is 0.0951. The third-order valence-electron chi connectivity index (χ3n) is 3.08. The Hall–Kier alpha value is -3.28. The molecule has 1 heterocycles. The van der Waals surface area contributed by atoms with Gasteiger partial charge in [0.25, 0.3) is 5.91 Å². The van der Waals surface area contributed by atoms with E-state index in [2.05, 4.69) is 15.5 Å². The highest BCUT2D eigenvalue weighted by molar-refractivity contribution is 5.98. The van der Waals surface area contributed by atoms with Gasteiger partial charge in [0.1, 0.15) is 17.2 Å². The van der Waals surface area contributed by atoms with Gasteiger partial charge in [-0.25, -0.2) is 5.43 Å². The number of aromatic nitrogens is 1. The zero-order valence-corrected chi connectivity index (χ0v) is 11.4. The molecule has 3 aromatic rings. The minimum atomic E-state index is -0.378. The highest BCUT2D eigenvalue weighted by Gasteiger charge is 2.07. The van der Waals surface area contributed by atoms with Crippen molar-refractivity contribution in [2.75, 3.05) is 0 Å². The maximum atomic E-state index is 12.0. The predicted octanol–water partition coefficient (Wildman–Crippen LogP) is 2.34. The van der Waals surface area contributed by atoms with Gasteiger partial charge in [0, 0.05) is 22.5 Å². The van der Waals surface area contributed by atoms with Crippen LogP contribution in [0.3, 0.4) is 0 Å². The second kappa shape index (κ2) is 5.61. The summed E-state index contributed by atoms with van der Waals surface area (Å²) >= 11 is 0. The van der Waals surface area contributed by atoms with Crippen molar-refractivity contribution in [3.8, 4) is 11.5 Å². The SMILES string of the molecule is O=C(N/N=C/c1cc(O)cc(O)c1)c1cc2ccccc2[nH]1. The molecule has 0 fully saturated rings. The van der Waals surface area contributed by atoms with Crippen molar-refractivity contribution in [3.05, 3.63) is 59.8 Å². The van der Waals surface area contributed by atoms with E-state index in [0.717, 1.165) is 10.9 Å². The van der Waals surface area contributed by atoms with Crippen LogP contribution in [0.25, 0.3) is 10.9 Å². The molecule has 0 atom stereocenters. The molecule has 22 heavy (non-hydrogen) atoms. The molecule has 0 saturated heterocycles. The molecule has 1 amide bonds. The van der Waals surface area contributed by atoms with E-state index in [1.54, 1.807) is 6.07 Å². The molecule has 0 bridgehead atoms. The maximum absolute atomic E-state index is 12.0. The van der Waals surface area contributed by atoms with Crippen molar-refractivity contribution in [2.24, 2.45) is 5.10 Å². The fourth-order valence-electron chi connectivity index (χ4n) is 2.11. The van der Waals surface area contributed by atoms with E-state index in [-0.39, 0.29) is 17.4 Å². The molecular weight excluding hydrogens is 282 g/mol. The number of carbonyl (C=O) groups is 1. The number of nitrogens with one attached hydrogen (secondary N) is 2. The highest BCUT2D eigenvalue weighted by Crippen LogP contribution is 2.19. The zero-order valence-electron chi connectivity index (χ0n) is 11.4. The second-order valence-corrected chi connectivity index (χ2v) is 4.75. The van der Waals surface area contributed by atoms with Gasteiger partial charge in [-0.15, -0.1) is 0 Å². The van der Waals surface area contributed by atoms with Gasteiger partial charge in [-0.3, -0.25) is 4.79 Å². The van der Waals surface area contributed by atoms with Gasteiger partial charge in [-0.2, -0.15) is 5.10 Å². The summed E-state index contributed by atoms with van der Waals surface area (Å²) < 4.78 is 0. The number of fused-ring (bicyclic) bond motifs is 1. The van der Waals surface area contributed by atoms with Crippen molar-refractivity contribution in [1.29, 1.82) is 0 Å². The number of aromatic hydroxyl groups is 2. The number of hydrogen-bond acceptors (Lipinski definition) is 4. The molecule has 0 aliphatic carbocycles. The molecule has 0 spiro atoms. The molecule has 2 aromatic carbocycles. The van der Waals surface area contributed by atoms with Crippen molar-refractivity contribution in [3.63, 3.8) is 0 Å². The summed E-state index contributed by atoms with van der Waals surface area (Å²) in [5.74, 6) is -0.538. The maximum Gasteiger partial charge on any atom is 0.287 e. The van der Waals surface area contributed by atoms with Gasteiger partial charge in [-0.05, 0) is 24.3 Å². The van der Waals surface area contributed by atoms with E-state index >= 15 is 0 Å². The third kappa shape index (κ3) is 2.90. The Kier molecular flexibility index (Phi) is 3.49. The number of hydrogen-bond donors (Lipinski definition) is 4.